The number of nitrogens with two attached hydrogens (primary N) is 1. The van der Waals surface area contributed by atoms with Gasteiger partial charge in [-0.25, -0.2) is 0 Å². The Kier molecular flexibility index (Phi) is 9.37. The molecular formula is C19H29N3O6. The molecule has 1 rings (SSSR count). The maximum absolute atomic E-state index is 10.5. The molecule has 2 N–H and O–H groups in total. The van der Waals surface area contributed by atoms with Gasteiger partial charge < -0.3 is 15.4 Å². The Hall–Kier alpha value is -2.68. The fourth-order valence-electron chi connectivity index (χ4n) is 3.30. The van der Waals surface area contributed by atoms with E-state index in [-0.39, 0.29) is 12.3 Å². The average molecular weight is 395 g/mol. The van der Waals surface area contributed by atoms with Crippen LogP contribution >= 0.6 is 0 Å². The molecule has 9 nitrogen and oxygen atoms in total. The lowest BCUT2D eigenvalue weighted by Gasteiger charge is -2.34. The minimum Gasteiger partial charge on any atom is -0.321 e. The monoisotopic (exact) mass is 395 g/mol. The van der Waals surface area contributed by atoms with E-state index in [2.05, 4.69) is 23.2 Å². The molecule has 0 spiro atoms. The number of hydrogen-bond donors (Lipinski definition) is 1. The Labute approximate surface area is 164 Å². The number of benzene rings is 1. The van der Waals surface area contributed by atoms with Crippen molar-refractivity contribution in [3.05, 3.63) is 68.3 Å². The van der Waals surface area contributed by atoms with E-state index in [1.165, 1.54) is 0 Å². The molecule has 3 unspecified atom stereocenters. The van der Waals surface area contributed by atoms with Crippen LogP contribution in [0.2, 0.25) is 0 Å². The molecule has 0 heterocycles. The Morgan fingerprint density at radius 1 is 1.32 bits per heavy atom. The molecule has 9 heteroatoms. The van der Waals surface area contributed by atoms with Gasteiger partial charge in [-0.3, -0.25) is 0 Å². The molecule has 1 aromatic rings. The lowest BCUT2D eigenvalue weighted by atomic mass is 9.76. The van der Waals surface area contributed by atoms with Crippen LogP contribution in [0.15, 0.2) is 36.9 Å². The third-order valence-corrected chi connectivity index (χ3v) is 4.93. The Morgan fingerprint density at radius 2 is 2.04 bits per heavy atom. The Balaban J connectivity index is 2.74. The summed E-state index contributed by atoms with van der Waals surface area (Å²) in [6.07, 6.45) is 4.09. The molecule has 0 fully saturated rings. The number of nitrogens with zero attached hydrogens (tertiary/aromatic N) is 2. The van der Waals surface area contributed by atoms with Gasteiger partial charge in [0.25, 0.3) is 10.2 Å². The molecule has 156 valence electrons. The van der Waals surface area contributed by atoms with Gasteiger partial charge in [-0.1, -0.05) is 43.7 Å². The standard InChI is InChI=1S/C19H29N3O6/c1-4-8-16(5-2)19(3,20)17-11-6-9-15(13-17)10-7-12-18(28-22(25)26)14-27-21(23)24/h4,6,9,11,13,16,18H,1,5,7-8,10,12,14,20H2,2-3H3. The van der Waals surface area contributed by atoms with E-state index in [0.717, 1.165) is 24.0 Å². The van der Waals surface area contributed by atoms with Crippen LogP contribution < -0.4 is 5.73 Å². The van der Waals surface area contributed by atoms with Crippen LogP contribution in [0.3, 0.4) is 0 Å². The van der Waals surface area contributed by atoms with E-state index >= 15 is 0 Å². The topological polar surface area (TPSA) is 131 Å². The van der Waals surface area contributed by atoms with Gasteiger partial charge in [0.05, 0.1) is 0 Å². The highest BCUT2D eigenvalue weighted by Gasteiger charge is 2.29. The van der Waals surface area contributed by atoms with E-state index in [0.29, 0.717) is 12.8 Å². The lowest BCUT2D eigenvalue weighted by molar-refractivity contribution is -0.790. The SMILES string of the molecule is C=CCC(CC)C(C)(N)c1cccc(CCCC(CO[N+](=O)[O-])O[N+](=O)[O-])c1. The highest BCUT2D eigenvalue weighted by atomic mass is 17.0. The summed E-state index contributed by atoms with van der Waals surface area (Å²) < 4.78 is 0. The van der Waals surface area contributed by atoms with Crippen LogP contribution in [0.4, 0.5) is 0 Å². The first-order valence-corrected chi connectivity index (χ1v) is 9.28. The maximum Gasteiger partial charge on any atom is 0.294 e. The molecule has 0 aromatic heterocycles. The molecule has 0 saturated carbocycles. The Morgan fingerprint density at radius 3 is 2.61 bits per heavy atom. The minimum atomic E-state index is -0.991. The van der Waals surface area contributed by atoms with Crippen molar-refractivity contribution in [1.82, 2.24) is 0 Å². The normalized spacial score (nSPS) is 15.1. The maximum atomic E-state index is 10.5. The fraction of sp³-hybridized carbons (Fsp3) is 0.579. The van der Waals surface area contributed by atoms with Crippen molar-refractivity contribution in [1.29, 1.82) is 0 Å². The van der Waals surface area contributed by atoms with Gasteiger partial charge in [0.15, 0.2) is 0 Å². The van der Waals surface area contributed by atoms with Gasteiger partial charge >= 0.3 is 0 Å². The van der Waals surface area contributed by atoms with Crippen molar-refractivity contribution in [2.45, 2.75) is 57.6 Å². The molecule has 0 aliphatic heterocycles. The molecule has 28 heavy (non-hydrogen) atoms. The first kappa shape index (κ1) is 23.4. The van der Waals surface area contributed by atoms with Crippen LogP contribution in [-0.2, 0) is 21.6 Å². The third kappa shape index (κ3) is 7.51. The number of allylic oxidation sites excluding steroid dienone is 1. The van der Waals surface area contributed by atoms with E-state index in [9.17, 15) is 20.2 Å². The molecule has 0 saturated heterocycles. The van der Waals surface area contributed by atoms with Gasteiger partial charge in [-0.2, -0.15) is 0 Å². The molecule has 0 radical (unpaired) electrons. The second-order valence-corrected chi connectivity index (χ2v) is 6.98. The first-order chi connectivity index (χ1) is 13.2. The number of rotatable bonds is 14. The predicted octanol–water partition coefficient (Wildman–Crippen LogP) is 3.57. The van der Waals surface area contributed by atoms with Crippen molar-refractivity contribution in [2.24, 2.45) is 11.7 Å². The van der Waals surface area contributed by atoms with E-state index in [1.54, 1.807) is 0 Å². The summed E-state index contributed by atoms with van der Waals surface area (Å²) in [7, 11) is 0. The van der Waals surface area contributed by atoms with Gasteiger partial charge in [0.1, 0.15) is 12.7 Å². The van der Waals surface area contributed by atoms with Crippen LogP contribution in [0.25, 0.3) is 0 Å². The van der Waals surface area contributed by atoms with Gasteiger partial charge in [-0.15, -0.1) is 26.8 Å². The van der Waals surface area contributed by atoms with Gasteiger partial charge in [-0.05, 0) is 49.7 Å². The summed E-state index contributed by atoms with van der Waals surface area (Å²) >= 11 is 0. The molecule has 0 amide bonds. The second-order valence-electron chi connectivity index (χ2n) is 6.98. The van der Waals surface area contributed by atoms with Crippen LogP contribution in [0.5, 0.6) is 0 Å². The lowest BCUT2D eigenvalue weighted by Crippen LogP contribution is -2.41. The molecule has 3 atom stereocenters. The van der Waals surface area contributed by atoms with E-state index in [4.69, 9.17) is 5.73 Å². The van der Waals surface area contributed by atoms with Gasteiger partial charge in [0, 0.05) is 5.54 Å². The van der Waals surface area contributed by atoms with Crippen molar-refractivity contribution < 1.29 is 19.8 Å². The highest BCUT2D eigenvalue weighted by Crippen LogP contribution is 2.32. The zero-order chi connectivity index (χ0) is 21.2. The molecule has 0 aliphatic carbocycles. The van der Waals surface area contributed by atoms with E-state index in [1.807, 2.05) is 37.3 Å². The van der Waals surface area contributed by atoms with Crippen LogP contribution in [0, 0.1) is 26.1 Å². The zero-order valence-corrected chi connectivity index (χ0v) is 16.4. The zero-order valence-electron chi connectivity index (χ0n) is 16.4. The number of hydrogen-bond acceptors (Lipinski definition) is 7. The summed E-state index contributed by atoms with van der Waals surface area (Å²) in [4.78, 5) is 29.5. The average Bonchev–Trinajstić information content (AvgIpc) is 2.63. The molecular weight excluding hydrogens is 366 g/mol. The molecule has 1 aromatic carbocycles. The van der Waals surface area contributed by atoms with Crippen molar-refractivity contribution in [3.8, 4) is 0 Å². The summed E-state index contributed by atoms with van der Waals surface area (Å²) in [5, 5.41) is 18.9. The quantitative estimate of drug-likeness (QED) is 0.289. The smallest absolute Gasteiger partial charge is 0.294 e. The predicted molar refractivity (Wildman–Crippen MR) is 104 cm³/mol. The number of aryl methyl sites for hydroxylation is 1. The van der Waals surface area contributed by atoms with E-state index < -0.39 is 28.4 Å². The summed E-state index contributed by atoms with van der Waals surface area (Å²) in [6, 6.07) is 7.95. The third-order valence-electron chi connectivity index (χ3n) is 4.93. The minimum absolute atomic E-state index is 0.257. The van der Waals surface area contributed by atoms with Crippen LogP contribution in [-0.4, -0.2) is 22.9 Å². The van der Waals surface area contributed by atoms with Gasteiger partial charge in [0.2, 0.25) is 0 Å². The second kappa shape index (κ2) is 11.2. The summed E-state index contributed by atoms with van der Waals surface area (Å²) in [6.45, 7) is 7.45. The molecule has 0 bridgehead atoms. The first-order valence-electron chi connectivity index (χ1n) is 9.28. The van der Waals surface area contributed by atoms with Crippen LogP contribution in [0.1, 0.15) is 50.7 Å². The van der Waals surface area contributed by atoms with Crippen molar-refractivity contribution in [2.75, 3.05) is 6.61 Å². The molecule has 0 aliphatic rings. The fourth-order valence-corrected chi connectivity index (χ4v) is 3.30. The summed E-state index contributed by atoms with van der Waals surface area (Å²) in [5.41, 5.74) is 8.18. The Bertz CT molecular complexity index is 665. The largest absolute Gasteiger partial charge is 0.321 e. The highest BCUT2D eigenvalue weighted by molar-refractivity contribution is 5.30. The van der Waals surface area contributed by atoms with Crippen molar-refractivity contribution >= 4 is 0 Å². The van der Waals surface area contributed by atoms with Crippen molar-refractivity contribution in [3.63, 3.8) is 0 Å². The summed E-state index contributed by atoms with van der Waals surface area (Å²) in [5.74, 6) is 0.261.